The molecule has 82 valence electrons. The van der Waals surface area contributed by atoms with E-state index in [0.717, 1.165) is 16.8 Å². The normalized spacial score (nSPS) is 31.5. The molecule has 1 aliphatic heterocycles. The molecular weight excluding hydrogens is 274 g/mol. The van der Waals surface area contributed by atoms with E-state index in [-0.39, 0.29) is 11.3 Å². The van der Waals surface area contributed by atoms with Crippen molar-refractivity contribution in [3.05, 3.63) is 34.3 Å². The third-order valence-corrected chi connectivity index (χ3v) is 4.90. The molecule has 0 aliphatic carbocycles. The monoisotopic (exact) mass is 287 g/mol. The Morgan fingerprint density at radius 3 is 3.00 bits per heavy atom. The van der Waals surface area contributed by atoms with Crippen LogP contribution in [0, 0.1) is 0 Å². The van der Waals surface area contributed by atoms with Crippen LogP contribution in [-0.2, 0) is 10.8 Å². The molecule has 3 unspecified atom stereocenters. The number of hydrogen-bond donors (Lipinski definition) is 1. The molecule has 1 aliphatic rings. The lowest BCUT2D eigenvalue weighted by Crippen LogP contribution is -2.41. The largest absolute Gasteiger partial charge is 0.308 e. The van der Waals surface area contributed by atoms with Gasteiger partial charge in [-0.3, -0.25) is 4.21 Å². The van der Waals surface area contributed by atoms with Gasteiger partial charge < -0.3 is 5.32 Å². The molecule has 2 rings (SSSR count). The van der Waals surface area contributed by atoms with E-state index >= 15 is 0 Å². The van der Waals surface area contributed by atoms with Crippen LogP contribution in [0.5, 0.6) is 0 Å². The summed E-state index contributed by atoms with van der Waals surface area (Å²) in [4.78, 5) is 0. The zero-order valence-electron chi connectivity index (χ0n) is 8.57. The number of halogens is 1. The van der Waals surface area contributed by atoms with E-state index in [0.29, 0.717) is 0 Å². The topological polar surface area (TPSA) is 29.1 Å². The van der Waals surface area contributed by atoms with Crippen LogP contribution in [0.1, 0.15) is 18.5 Å². The Morgan fingerprint density at radius 2 is 2.33 bits per heavy atom. The van der Waals surface area contributed by atoms with E-state index < -0.39 is 10.8 Å². The molecule has 1 heterocycles. The van der Waals surface area contributed by atoms with Crippen LogP contribution >= 0.6 is 15.9 Å². The summed E-state index contributed by atoms with van der Waals surface area (Å²) >= 11 is 3.45. The first-order valence-electron chi connectivity index (χ1n) is 5.03. The van der Waals surface area contributed by atoms with Crippen molar-refractivity contribution in [2.24, 2.45) is 0 Å². The molecule has 1 saturated heterocycles. The summed E-state index contributed by atoms with van der Waals surface area (Å²) in [6.45, 7) is 2.87. The lowest BCUT2D eigenvalue weighted by Gasteiger charge is -2.27. The summed E-state index contributed by atoms with van der Waals surface area (Å²) in [5.74, 6) is 0.720. The lowest BCUT2D eigenvalue weighted by atomic mass is 10.1. The van der Waals surface area contributed by atoms with Gasteiger partial charge in [0.15, 0.2) is 0 Å². The molecule has 4 heteroatoms. The highest BCUT2D eigenvalue weighted by atomic mass is 79.9. The summed E-state index contributed by atoms with van der Waals surface area (Å²) in [6.07, 6.45) is 0. The average Bonchev–Trinajstić information content (AvgIpc) is 2.22. The Balaban J connectivity index is 2.15. The molecule has 0 aromatic heterocycles. The van der Waals surface area contributed by atoms with Crippen molar-refractivity contribution in [2.75, 3.05) is 12.3 Å². The zero-order chi connectivity index (χ0) is 10.8. The van der Waals surface area contributed by atoms with Gasteiger partial charge in [-0.25, -0.2) is 0 Å². The van der Waals surface area contributed by atoms with Crippen molar-refractivity contribution in [3.63, 3.8) is 0 Å². The second kappa shape index (κ2) is 4.76. The Morgan fingerprint density at radius 1 is 1.53 bits per heavy atom. The summed E-state index contributed by atoms with van der Waals surface area (Å²) in [6, 6.07) is 8.42. The fourth-order valence-corrected chi connectivity index (χ4v) is 3.39. The highest BCUT2D eigenvalue weighted by molar-refractivity contribution is 9.10. The summed E-state index contributed by atoms with van der Waals surface area (Å²) in [5.41, 5.74) is 1.21. The zero-order valence-corrected chi connectivity index (χ0v) is 11.0. The van der Waals surface area contributed by atoms with Crippen LogP contribution in [0.3, 0.4) is 0 Å². The number of hydrogen-bond acceptors (Lipinski definition) is 2. The minimum atomic E-state index is -0.700. The fraction of sp³-hybridized carbons (Fsp3) is 0.455. The van der Waals surface area contributed by atoms with Crippen LogP contribution in [0.25, 0.3) is 0 Å². The second-order valence-electron chi connectivity index (χ2n) is 3.87. The first-order chi connectivity index (χ1) is 7.16. The van der Waals surface area contributed by atoms with Crippen molar-refractivity contribution < 1.29 is 4.21 Å². The second-order valence-corrected chi connectivity index (χ2v) is 6.69. The van der Waals surface area contributed by atoms with E-state index in [1.165, 1.54) is 5.56 Å². The van der Waals surface area contributed by atoms with Gasteiger partial charge in [0.1, 0.15) is 0 Å². The number of benzene rings is 1. The SMILES string of the molecule is CC1CNC(c2cccc(Br)c2)CS1=O. The van der Waals surface area contributed by atoms with Crippen molar-refractivity contribution in [1.82, 2.24) is 5.32 Å². The molecule has 15 heavy (non-hydrogen) atoms. The maximum Gasteiger partial charge on any atom is 0.0445 e. The maximum absolute atomic E-state index is 11.7. The maximum atomic E-state index is 11.7. The van der Waals surface area contributed by atoms with Gasteiger partial charge in [-0.2, -0.15) is 0 Å². The lowest BCUT2D eigenvalue weighted by molar-refractivity contribution is 0.540. The van der Waals surface area contributed by atoms with Gasteiger partial charge >= 0.3 is 0 Å². The third-order valence-electron chi connectivity index (χ3n) is 2.68. The Kier molecular flexibility index (Phi) is 3.59. The van der Waals surface area contributed by atoms with E-state index in [1.807, 2.05) is 19.1 Å². The van der Waals surface area contributed by atoms with Gasteiger partial charge in [0.25, 0.3) is 0 Å². The molecule has 0 spiro atoms. The smallest absolute Gasteiger partial charge is 0.0445 e. The Bertz CT molecular complexity index is 383. The van der Waals surface area contributed by atoms with Gasteiger partial charge in [0.05, 0.1) is 0 Å². The predicted molar refractivity (Wildman–Crippen MR) is 67.4 cm³/mol. The number of rotatable bonds is 1. The van der Waals surface area contributed by atoms with Gasteiger partial charge in [-0.15, -0.1) is 0 Å². The first kappa shape index (κ1) is 11.3. The van der Waals surface area contributed by atoms with E-state index in [2.05, 4.69) is 33.4 Å². The molecule has 0 bridgehead atoms. The molecular formula is C11H14BrNOS. The van der Waals surface area contributed by atoms with Crippen molar-refractivity contribution in [3.8, 4) is 0 Å². The van der Waals surface area contributed by atoms with E-state index in [4.69, 9.17) is 0 Å². The highest BCUT2D eigenvalue weighted by Gasteiger charge is 2.24. The van der Waals surface area contributed by atoms with E-state index in [9.17, 15) is 4.21 Å². The highest BCUT2D eigenvalue weighted by Crippen LogP contribution is 2.22. The summed E-state index contributed by atoms with van der Waals surface area (Å²) in [7, 11) is -0.700. The molecule has 1 aromatic rings. The summed E-state index contributed by atoms with van der Waals surface area (Å²) < 4.78 is 12.8. The molecule has 0 saturated carbocycles. The fourth-order valence-electron chi connectivity index (χ4n) is 1.73. The molecule has 0 amide bonds. The average molecular weight is 288 g/mol. The van der Waals surface area contributed by atoms with Crippen LogP contribution in [-0.4, -0.2) is 21.8 Å². The van der Waals surface area contributed by atoms with Crippen LogP contribution in [0.2, 0.25) is 0 Å². The summed E-state index contributed by atoms with van der Waals surface area (Å²) in [5, 5.41) is 3.70. The van der Waals surface area contributed by atoms with Crippen LogP contribution < -0.4 is 5.32 Å². The number of nitrogens with one attached hydrogen (secondary N) is 1. The molecule has 1 fully saturated rings. The standard InChI is InChI=1S/C11H14BrNOS/c1-8-6-13-11(7-15(8)14)9-3-2-4-10(12)5-9/h2-5,8,11,13H,6-7H2,1H3. The Hall–Kier alpha value is -0.190. The predicted octanol–water partition coefficient (Wildman–Crippen LogP) is 2.23. The third kappa shape index (κ3) is 2.68. The molecule has 1 aromatic carbocycles. The van der Waals surface area contributed by atoms with Gasteiger partial charge in [-0.1, -0.05) is 28.1 Å². The molecule has 2 nitrogen and oxygen atoms in total. The van der Waals surface area contributed by atoms with E-state index in [1.54, 1.807) is 0 Å². The quantitative estimate of drug-likeness (QED) is 0.858. The first-order valence-corrected chi connectivity index (χ1v) is 7.20. The van der Waals surface area contributed by atoms with Crippen LogP contribution in [0.15, 0.2) is 28.7 Å². The molecule has 3 atom stereocenters. The van der Waals surface area contributed by atoms with Crippen LogP contribution in [0.4, 0.5) is 0 Å². The van der Waals surface area contributed by atoms with Crippen molar-refractivity contribution in [1.29, 1.82) is 0 Å². The molecule has 0 radical (unpaired) electrons. The minimum absolute atomic E-state index is 0.236. The minimum Gasteiger partial charge on any atom is -0.308 e. The van der Waals surface area contributed by atoms with Crippen molar-refractivity contribution >= 4 is 26.7 Å². The Labute approximate surface area is 101 Å². The molecule has 1 N–H and O–H groups in total. The van der Waals surface area contributed by atoms with Gasteiger partial charge in [0.2, 0.25) is 0 Å². The van der Waals surface area contributed by atoms with Gasteiger partial charge in [0, 0.05) is 38.9 Å². The van der Waals surface area contributed by atoms with Crippen molar-refractivity contribution in [2.45, 2.75) is 18.2 Å². The van der Waals surface area contributed by atoms with Gasteiger partial charge in [-0.05, 0) is 24.6 Å².